The Bertz CT molecular complexity index is 718. The Balaban J connectivity index is 1.98. The van der Waals surface area contributed by atoms with Crippen LogP contribution in [0.1, 0.15) is 29.3 Å². The molecular weight excluding hydrogens is 312 g/mol. The summed E-state index contributed by atoms with van der Waals surface area (Å²) in [5, 5.41) is 17.4. The predicted molar refractivity (Wildman–Crippen MR) is 97.8 cm³/mol. The van der Waals surface area contributed by atoms with Gasteiger partial charge < -0.3 is 5.11 Å². The lowest BCUT2D eigenvalue weighted by molar-refractivity contribution is 0.183. The van der Waals surface area contributed by atoms with Gasteiger partial charge >= 0.3 is 0 Å². The largest absolute Gasteiger partial charge is 0.396 e. The van der Waals surface area contributed by atoms with E-state index in [1.54, 1.807) is 10.9 Å². The Morgan fingerprint density at radius 3 is 2.08 bits per heavy atom. The lowest BCUT2D eigenvalue weighted by atomic mass is 9.96. The molecule has 0 atom stereocenters. The van der Waals surface area contributed by atoms with Gasteiger partial charge in [-0.25, -0.2) is 0 Å². The summed E-state index contributed by atoms with van der Waals surface area (Å²) in [6.07, 6.45) is 2.53. The lowest BCUT2D eigenvalue weighted by Gasteiger charge is -2.32. The number of aliphatic hydroxyl groups is 1. The van der Waals surface area contributed by atoms with Crippen LogP contribution in [0.2, 0.25) is 0 Å². The van der Waals surface area contributed by atoms with Crippen LogP contribution in [-0.2, 0) is 13.6 Å². The number of benzene rings is 2. The third kappa shape index (κ3) is 4.32. The first-order chi connectivity index (χ1) is 12.3. The molecule has 0 bridgehead atoms. The smallest absolute Gasteiger partial charge is 0.0738 e. The first-order valence-electron chi connectivity index (χ1n) is 8.58. The summed E-state index contributed by atoms with van der Waals surface area (Å²) in [5.41, 5.74) is 3.53. The Kier molecular flexibility index (Phi) is 5.93. The Labute approximate surface area is 148 Å². The van der Waals surface area contributed by atoms with E-state index in [1.807, 2.05) is 19.2 Å². The molecule has 0 saturated heterocycles. The molecule has 5 nitrogen and oxygen atoms in total. The zero-order valence-electron chi connectivity index (χ0n) is 14.5. The summed E-state index contributed by atoms with van der Waals surface area (Å²) < 4.78 is 1.80. The van der Waals surface area contributed by atoms with Crippen molar-refractivity contribution in [1.29, 1.82) is 0 Å². The van der Waals surface area contributed by atoms with Crippen molar-refractivity contribution in [2.45, 2.75) is 19.0 Å². The van der Waals surface area contributed by atoms with Crippen LogP contribution < -0.4 is 0 Å². The normalized spacial score (nSPS) is 11.4. The van der Waals surface area contributed by atoms with Crippen LogP contribution in [0.3, 0.4) is 0 Å². The van der Waals surface area contributed by atoms with E-state index >= 15 is 0 Å². The van der Waals surface area contributed by atoms with E-state index in [0.29, 0.717) is 0 Å². The number of aryl methyl sites for hydroxylation is 1. The SMILES string of the molecule is Cn1nncc1CN(CCCO)C(c1ccccc1)c1ccccc1. The van der Waals surface area contributed by atoms with E-state index in [1.165, 1.54) is 11.1 Å². The molecule has 0 unspecified atom stereocenters. The van der Waals surface area contributed by atoms with Crippen molar-refractivity contribution in [2.75, 3.05) is 13.2 Å². The minimum atomic E-state index is 0.115. The number of hydrogen-bond acceptors (Lipinski definition) is 4. The highest BCUT2D eigenvalue weighted by Crippen LogP contribution is 2.30. The van der Waals surface area contributed by atoms with Crippen molar-refractivity contribution in [2.24, 2.45) is 7.05 Å². The maximum absolute atomic E-state index is 9.36. The molecule has 0 saturated carbocycles. The maximum Gasteiger partial charge on any atom is 0.0738 e. The Morgan fingerprint density at radius 2 is 1.60 bits per heavy atom. The van der Waals surface area contributed by atoms with Crippen LogP contribution in [-0.4, -0.2) is 38.2 Å². The molecule has 5 heteroatoms. The second-order valence-corrected chi connectivity index (χ2v) is 6.12. The number of hydrogen-bond donors (Lipinski definition) is 1. The molecule has 130 valence electrons. The van der Waals surface area contributed by atoms with Crippen molar-refractivity contribution in [1.82, 2.24) is 19.9 Å². The molecular formula is C20H24N4O. The van der Waals surface area contributed by atoms with Gasteiger partial charge in [-0.2, -0.15) is 0 Å². The van der Waals surface area contributed by atoms with Crippen LogP contribution in [0.25, 0.3) is 0 Å². The van der Waals surface area contributed by atoms with Crippen LogP contribution in [0.15, 0.2) is 66.9 Å². The molecule has 2 aromatic carbocycles. The Morgan fingerprint density at radius 1 is 1.00 bits per heavy atom. The van der Waals surface area contributed by atoms with Gasteiger partial charge in [0.1, 0.15) is 0 Å². The highest BCUT2D eigenvalue weighted by atomic mass is 16.3. The second kappa shape index (κ2) is 8.55. The zero-order chi connectivity index (χ0) is 17.5. The molecule has 3 rings (SSSR count). The van der Waals surface area contributed by atoms with Crippen molar-refractivity contribution >= 4 is 0 Å². The number of rotatable bonds is 8. The Hall–Kier alpha value is -2.50. The van der Waals surface area contributed by atoms with Crippen molar-refractivity contribution < 1.29 is 5.11 Å². The summed E-state index contributed by atoms with van der Waals surface area (Å²) in [5.74, 6) is 0. The zero-order valence-corrected chi connectivity index (χ0v) is 14.5. The number of aliphatic hydroxyl groups excluding tert-OH is 1. The molecule has 3 aromatic rings. The molecule has 0 aliphatic carbocycles. The third-order valence-electron chi connectivity index (χ3n) is 4.37. The van der Waals surface area contributed by atoms with Gasteiger partial charge in [0.2, 0.25) is 0 Å². The predicted octanol–water partition coefficient (Wildman–Crippen LogP) is 2.79. The van der Waals surface area contributed by atoms with Gasteiger partial charge in [0.05, 0.1) is 17.9 Å². The molecule has 0 fully saturated rings. The van der Waals surface area contributed by atoms with E-state index in [2.05, 4.69) is 63.7 Å². The third-order valence-corrected chi connectivity index (χ3v) is 4.37. The summed E-state index contributed by atoms with van der Waals surface area (Å²) in [6, 6.07) is 21.1. The molecule has 1 heterocycles. The minimum Gasteiger partial charge on any atom is -0.396 e. The van der Waals surface area contributed by atoms with Crippen LogP contribution in [0, 0.1) is 0 Å². The average molecular weight is 336 g/mol. The van der Waals surface area contributed by atoms with Gasteiger partial charge in [0.25, 0.3) is 0 Å². The second-order valence-electron chi connectivity index (χ2n) is 6.12. The highest BCUT2D eigenvalue weighted by Gasteiger charge is 2.23. The average Bonchev–Trinajstić information content (AvgIpc) is 3.06. The van der Waals surface area contributed by atoms with Crippen molar-refractivity contribution in [3.8, 4) is 0 Å². The van der Waals surface area contributed by atoms with E-state index in [0.717, 1.165) is 25.2 Å². The molecule has 0 aliphatic heterocycles. The summed E-state index contributed by atoms with van der Waals surface area (Å²) in [6.45, 7) is 1.69. The van der Waals surface area contributed by atoms with E-state index < -0.39 is 0 Å². The fourth-order valence-corrected chi connectivity index (χ4v) is 3.12. The molecule has 1 aromatic heterocycles. The standard InChI is InChI=1S/C20H24N4O/c1-23-19(15-21-22-23)16-24(13-8-14-25)20(17-9-4-2-5-10-17)18-11-6-3-7-12-18/h2-7,9-12,15,20,25H,8,13-14,16H2,1H3. The molecule has 25 heavy (non-hydrogen) atoms. The summed E-state index contributed by atoms with van der Waals surface area (Å²) in [7, 11) is 1.91. The topological polar surface area (TPSA) is 54.2 Å². The first kappa shape index (κ1) is 17.3. The lowest BCUT2D eigenvalue weighted by Crippen LogP contribution is -2.31. The van der Waals surface area contributed by atoms with Gasteiger partial charge in [-0.3, -0.25) is 9.58 Å². The summed E-state index contributed by atoms with van der Waals surface area (Å²) >= 11 is 0. The minimum absolute atomic E-state index is 0.115. The molecule has 0 aliphatic rings. The molecule has 0 amide bonds. The number of nitrogens with zero attached hydrogens (tertiary/aromatic N) is 4. The quantitative estimate of drug-likeness (QED) is 0.687. The van der Waals surface area contributed by atoms with Crippen molar-refractivity contribution in [3.05, 3.63) is 83.7 Å². The van der Waals surface area contributed by atoms with Gasteiger partial charge in [-0.15, -0.1) is 5.10 Å². The van der Waals surface area contributed by atoms with Crippen LogP contribution in [0.5, 0.6) is 0 Å². The van der Waals surface area contributed by atoms with Gasteiger partial charge in [0.15, 0.2) is 0 Å². The van der Waals surface area contributed by atoms with Crippen LogP contribution >= 0.6 is 0 Å². The number of aromatic nitrogens is 3. The van der Waals surface area contributed by atoms with E-state index in [-0.39, 0.29) is 12.6 Å². The summed E-state index contributed by atoms with van der Waals surface area (Å²) in [4.78, 5) is 2.37. The molecule has 1 N–H and O–H groups in total. The van der Waals surface area contributed by atoms with Crippen LogP contribution in [0.4, 0.5) is 0 Å². The fourth-order valence-electron chi connectivity index (χ4n) is 3.12. The van der Waals surface area contributed by atoms with Gasteiger partial charge in [0, 0.05) is 26.7 Å². The molecule has 0 spiro atoms. The van der Waals surface area contributed by atoms with E-state index in [9.17, 15) is 5.11 Å². The maximum atomic E-state index is 9.36. The molecule has 0 radical (unpaired) electrons. The first-order valence-corrected chi connectivity index (χ1v) is 8.58. The van der Waals surface area contributed by atoms with Gasteiger partial charge in [-0.1, -0.05) is 65.9 Å². The van der Waals surface area contributed by atoms with Crippen molar-refractivity contribution in [3.63, 3.8) is 0 Å². The highest BCUT2D eigenvalue weighted by molar-refractivity contribution is 5.32. The van der Waals surface area contributed by atoms with Gasteiger partial charge in [-0.05, 0) is 17.5 Å². The fraction of sp³-hybridized carbons (Fsp3) is 0.300. The van der Waals surface area contributed by atoms with E-state index in [4.69, 9.17) is 0 Å². The monoisotopic (exact) mass is 336 g/mol.